The summed E-state index contributed by atoms with van der Waals surface area (Å²) in [4.78, 5) is 37.7. The van der Waals surface area contributed by atoms with E-state index in [4.69, 9.17) is 14.2 Å². The third-order valence-electron chi connectivity index (χ3n) is 5.67. The molecule has 1 aromatic heterocycles. The number of rotatable bonds is 10. The van der Waals surface area contributed by atoms with Crippen LogP contribution < -0.4 is 29.9 Å². The first-order valence-corrected chi connectivity index (χ1v) is 11.4. The average Bonchev–Trinajstić information content (AvgIpc) is 2.93. The van der Waals surface area contributed by atoms with Crippen LogP contribution in [0.4, 0.5) is 33.6 Å². The van der Waals surface area contributed by atoms with Crippen LogP contribution >= 0.6 is 0 Å². The van der Waals surface area contributed by atoms with Gasteiger partial charge in [0.1, 0.15) is 17.3 Å². The van der Waals surface area contributed by atoms with Crippen LogP contribution in [-0.2, 0) is 16.1 Å². The molecule has 11 heteroatoms. The lowest BCUT2D eigenvalue weighted by Crippen LogP contribution is -2.49. The van der Waals surface area contributed by atoms with E-state index in [-0.39, 0.29) is 31.0 Å². The van der Waals surface area contributed by atoms with Gasteiger partial charge in [0.15, 0.2) is 0 Å². The SMILES string of the molecule is C=CC(=O)Nc1ccccc1Nc1ncc2c(n1)N(CCOC)C(=O)N(c1cc(OC)cc(OC)c1)C2. The van der Waals surface area contributed by atoms with Gasteiger partial charge in [-0.05, 0) is 18.2 Å². The monoisotopic (exact) mass is 504 g/mol. The second-order valence-corrected chi connectivity index (χ2v) is 7.99. The summed E-state index contributed by atoms with van der Waals surface area (Å²) in [6.07, 6.45) is 2.86. The molecule has 4 rings (SSSR count). The molecule has 192 valence electrons. The minimum Gasteiger partial charge on any atom is -0.497 e. The number of para-hydroxylation sites is 2. The van der Waals surface area contributed by atoms with Gasteiger partial charge in [0.05, 0.1) is 51.0 Å². The van der Waals surface area contributed by atoms with Crippen LogP contribution in [0.5, 0.6) is 11.5 Å². The Hall–Kier alpha value is -4.64. The number of carbonyl (C=O) groups is 2. The Morgan fingerprint density at radius 3 is 2.46 bits per heavy atom. The van der Waals surface area contributed by atoms with E-state index < -0.39 is 0 Å². The van der Waals surface area contributed by atoms with Crippen molar-refractivity contribution in [1.82, 2.24) is 9.97 Å². The second kappa shape index (κ2) is 11.4. The quantitative estimate of drug-likeness (QED) is 0.399. The number of nitrogens with zero attached hydrogens (tertiary/aromatic N) is 4. The number of fused-ring (bicyclic) bond motifs is 1. The van der Waals surface area contributed by atoms with Crippen LogP contribution in [0.3, 0.4) is 0 Å². The number of benzene rings is 2. The van der Waals surface area contributed by atoms with Gasteiger partial charge in [-0.2, -0.15) is 4.98 Å². The number of anilines is 5. The van der Waals surface area contributed by atoms with Crippen molar-refractivity contribution in [2.45, 2.75) is 6.54 Å². The van der Waals surface area contributed by atoms with Crippen molar-refractivity contribution in [2.75, 3.05) is 54.9 Å². The maximum atomic E-state index is 13.6. The van der Waals surface area contributed by atoms with Crippen molar-refractivity contribution in [3.8, 4) is 11.5 Å². The van der Waals surface area contributed by atoms with Crippen molar-refractivity contribution in [1.29, 1.82) is 0 Å². The number of hydrogen-bond acceptors (Lipinski definition) is 8. The van der Waals surface area contributed by atoms with E-state index in [2.05, 4.69) is 27.2 Å². The molecule has 0 atom stereocenters. The van der Waals surface area contributed by atoms with Gasteiger partial charge in [-0.3, -0.25) is 14.6 Å². The average molecular weight is 505 g/mol. The zero-order chi connectivity index (χ0) is 26.4. The third kappa shape index (κ3) is 5.62. The minimum absolute atomic E-state index is 0.250. The molecule has 2 heterocycles. The molecule has 0 radical (unpaired) electrons. The van der Waals surface area contributed by atoms with Gasteiger partial charge in [0.25, 0.3) is 0 Å². The van der Waals surface area contributed by atoms with Gasteiger partial charge in [0, 0.05) is 37.1 Å². The number of hydrogen-bond donors (Lipinski definition) is 2. The fourth-order valence-electron chi connectivity index (χ4n) is 3.82. The zero-order valence-corrected chi connectivity index (χ0v) is 20.9. The molecular weight excluding hydrogens is 476 g/mol. The Morgan fingerprint density at radius 1 is 1.11 bits per heavy atom. The van der Waals surface area contributed by atoms with E-state index in [1.807, 2.05) is 6.07 Å². The maximum Gasteiger partial charge on any atom is 0.330 e. The van der Waals surface area contributed by atoms with E-state index in [0.29, 0.717) is 41.0 Å². The predicted molar refractivity (Wildman–Crippen MR) is 141 cm³/mol. The summed E-state index contributed by atoms with van der Waals surface area (Å²) in [7, 11) is 4.68. The van der Waals surface area contributed by atoms with Crippen molar-refractivity contribution in [2.24, 2.45) is 0 Å². The normalized spacial score (nSPS) is 12.6. The van der Waals surface area contributed by atoms with E-state index in [0.717, 1.165) is 5.56 Å². The van der Waals surface area contributed by atoms with E-state index in [1.54, 1.807) is 73.7 Å². The standard InChI is InChI=1S/C26H28N6O5/c1-5-23(33)28-21-8-6-7-9-22(21)29-25-27-15-17-16-32(18-12-19(36-3)14-20(13-18)37-4)26(34)31(10-11-35-2)24(17)30-25/h5-9,12-15H,1,10-11,16H2,2-4H3,(H,28,33)(H,27,29,30). The number of ether oxygens (including phenoxy) is 3. The first kappa shape index (κ1) is 25.5. The van der Waals surface area contributed by atoms with Gasteiger partial charge in [-0.1, -0.05) is 18.7 Å². The molecule has 0 unspecified atom stereocenters. The largest absolute Gasteiger partial charge is 0.497 e. The summed E-state index contributed by atoms with van der Waals surface area (Å²) < 4.78 is 16.0. The topological polar surface area (TPSA) is 118 Å². The molecule has 0 bridgehead atoms. The lowest BCUT2D eigenvalue weighted by atomic mass is 10.1. The summed E-state index contributed by atoms with van der Waals surface area (Å²) in [6, 6.07) is 12.2. The molecule has 0 saturated carbocycles. The summed E-state index contributed by atoms with van der Waals surface area (Å²) in [5, 5.41) is 5.88. The first-order chi connectivity index (χ1) is 18.0. The lowest BCUT2D eigenvalue weighted by molar-refractivity contribution is -0.111. The Labute approximate surface area is 214 Å². The van der Waals surface area contributed by atoms with Gasteiger partial charge >= 0.3 is 6.03 Å². The number of nitrogens with one attached hydrogen (secondary N) is 2. The van der Waals surface area contributed by atoms with E-state index in [9.17, 15) is 9.59 Å². The molecule has 0 spiro atoms. The molecule has 0 saturated heterocycles. The van der Waals surface area contributed by atoms with Crippen molar-refractivity contribution < 1.29 is 23.8 Å². The van der Waals surface area contributed by atoms with E-state index in [1.165, 1.54) is 6.08 Å². The number of urea groups is 1. The Bertz CT molecular complexity index is 1290. The van der Waals surface area contributed by atoms with Crippen LogP contribution in [0.25, 0.3) is 0 Å². The van der Waals surface area contributed by atoms with Crippen LogP contribution in [-0.4, -0.2) is 56.4 Å². The molecule has 0 aliphatic carbocycles. The first-order valence-electron chi connectivity index (χ1n) is 11.4. The van der Waals surface area contributed by atoms with Crippen molar-refractivity contribution >= 4 is 40.8 Å². The summed E-state index contributed by atoms with van der Waals surface area (Å²) in [6.45, 7) is 4.32. The molecule has 2 N–H and O–H groups in total. The Kier molecular flexibility index (Phi) is 7.84. The number of carbonyl (C=O) groups excluding carboxylic acids is 2. The lowest BCUT2D eigenvalue weighted by Gasteiger charge is -2.36. The van der Waals surface area contributed by atoms with Gasteiger partial charge in [-0.15, -0.1) is 0 Å². The van der Waals surface area contributed by atoms with Crippen molar-refractivity contribution in [3.63, 3.8) is 0 Å². The predicted octanol–water partition coefficient (Wildman–Crippen LogP) is 3.95. The Morgan fingerprint density at radius 2 is 1.81 bits per heavy atom. The maximum absolute atomic E-state index is 13.6. The molecule has 3 aromatic rings. The van der Waals surface area contributed by atoms with Gasteiger partial charge in [0.2, 0.25) is 11.9 Å². The highest BCUT2D eigenvalue weighted by molar-refractivity contribution is 6.06. The van der Waals surface area contributed by atoms with Crippen LogP contribution in [0.15, 0.2) is 61.3 Å². The smallest absolute Gasteiger partial charge is 0.330 e. The van der Waals surface area contributed by atoms with Crippen molar-refractivity contribution in [3.05, 3.63) is 66.9 Å². The molecule has 11 nitrogen and oxygen atoms in total. The van der Waals surface area contributed by atoms with Crippen LogP contribution in [0.2, 0.25) is 0 Å². The number of methoxy groups -OCH3 is 3. The molecule has 1 aliphatic rings. The fraction of sp³-hybridized carbons (Fsp3) is 0.231. The molecule has 1 aliphatic heterocycles. The summed E-state index contributed by atoms with van der Waals surface area (Å²) in [5.74, 6) is 1.53. The van der Waals surface area contributed by atoms with Gasteiger partial charge < -0.3 is 24.8 Å². The molecule has 3 amide bonds. The summed E-state index contributed by atoms with van der Waals surface area (Å²) >= 11 is 0. The number of aromatic nitrogens is 2. The highest BCUT2D eigenvalue weighted by Gasteiger charge is 2.33. The molecule has 0 fully saturated rings. The van der Waals surface area contributed by atoms with Crippen LogP contribution in [0, 0.1) is 0 Å². The van der Waals surface area contributed by atoms with Gasteiger partial charge in [-0.25, -0.2) is 9.78 Å². The fourth-order valence-corrected chi connectivity index (χ4v) is 3.82. The highest BCUT2D eigenvalue weighted by Crippen LogP contribution is 2.35. The Balaban J connectivity index is 1.68. The van der Waals surface area contributed by atoms with E-state index >= 15 is 0 Å². The highest BCUT2D eigenvalue weighted by atomic mass is 16.5. The zero-order valence-electron chi connectivity index (χ0n) is 20.9. The third-order valence-corrected chi connectivity index (χ3v) is 5.67. The molecule has 2 aromatic carbocycles. The molecule has 37 heavy (non-hydrogen) atoms. The summed E-state index contributed by atoms with van der Waals surface area (Å²) in [5.41, 5.74) is 2.49. The number of amides is 3. The second-order valence-electron chi connectivity index (χ2n) is 7.99. The van der Waals surface area contributed by atoms with Crippen LogP contribution in [0.1, 0.15) is 5.56 Å². The minimum atomic E-state index is -0.341. The molecular formula is C26H28N6O5.